The average molecular weight is 211 g/mol. The summed E-state index contributed by atoms with van der Waals surface area (Å²) in [6.45, 7) is 1.42. The van der Waals surface area contributed by atoms with E-state index < -0.39 is 12.0 Å². The van der Waals surface area contributed by atoms with Gasteiger partial charge in [0.05, 0.1) is 6.26 Å². The van der Waals surface area contributed by atoms with Gasteiger partial charge in [0, 0.05) is 12.8 Å². The second-order valence-corrected chi connectivity index (χ2v) is 3.21. The number of hydrogen-bond donors (Lipinski definition) is 2. The fourth-order valence-electron chi connectivity index (χ4n) is 1.07. The molecule has 1 heterocycles. The van der Waals surface area contributed by atoms with Crippen molar-refractivity contribution in [3.8, 4) is 0 Å². The van der Waals surface area contributed by atoms with Gasteiger partial charge in [-0.3, -0.25) is 9.59 Å². The van der Waals surface area contributed by atoms with E-state index in [1.807, 2.05) is 0 Å². The molecular formula is C10H13NO4. The van der Waals surface area contributed by atoms with E-state index in [2.05, 4.69) is 5.32 Å². The van der Waals surface area contributed by atoms with Crippen molar-refractivity contribution in [2.24, 2.45) is 0 Å². The average Bonchev–Trinajstić information content (AvgIpc) is 2.66. The number of carbonyl (C=O) groups is 2. The number of amides is 1. The molecule has 0 saturated carbocycles. The minimum absolute atomic E-state index is 0.227. The highest BCUT2D eigenvalue weighted by Crippen LogP contribution is 2.03. The normalized spacial score (nSPS) is 12.1. The highest BCUT2D eigenvalue weighted by Gasteiger charge is 2.13. The largest absolute Gasteiger partial charge is 0.480 e. The lowest BCUT2D eigenvalue weighted by molar-refractivity contribution is -0.141. The van der Waals surface area contributed by atoms with Crippen LogP contribution in [-0.2, 0) is 16.0 Å². The fourth-order valence-corrected chi connectivity index (χ4v) is 1.07. The van der Waals surface area contributed by atoms with Gasteiger partial charge in [-0.05, 0) is 19.1 Å². The number of aryl methyl sites for hydroxylation is 1. The van der Waals surface area contributed by atoms with Crippen molar-refractivity contribution >= 4 is 11.9 Å². The predicted molar refractivity (Wildman–Crippen MR) is 52.3 cm³/mol. The minimum atomic E-state index is -1.04. The molecule has 1 amide bonds. The molecule has 0 fully saturated rings. The lowest BCUT2D eigenvalue weighted by Crippen LogP contribution is -2.38. The van der Waals surface area contributed by atoms with Gasteiger partial charge in [0.15, 0.2) is 0 Å². The van der Waals surface area contributed by atoms with Crippen LogP contribution in [0.15, 0.2) is 22.8 Å². The van der Waals surface area contributed by atoms with Crippen molar-refractivity contribution in [3.63, 3.8) is 0 Å². The summed E-state index contributed by atoms with van der Waals surface area (Å²) in [6, 6.07) is 2.66. The Balaban J connectivity index is 2.28. The Morgan fingerprint density at radius 1 is 1.60 bits per heavy atom. The van der Waals surface area contributed by atoms with E-state index in [4.69, 9.17) is 9.52 Å². The first kappa shape index (κ1) is 11.3. The quantitative estimate of drug-likeness (QED) is 0.755. The molecule has 0 unspecified atom stereocenters. The predicted octanol–water partition coefficient (Wildman–Crippen LogP) is 0.802. The molecule has 0 aromatic carbocycles. The second kappa shape index (κ2) is 5.19. The third kappa shape index (κ3) is 3.84. The standard InChI is InChI=1S/C10H13NO4/c1-7(10(13)14)11-9(12)5-4-8-3-2-6-15-8/h2-3,6-7H,4-5H2,1H3,(H,11,12)(H,13,14)/t7-/m0/s1. The maximum absolute atomic E-state index is 11.2. The van der Waals surface area contributed by atoms with Crippen LogP contribution in [0, 0.1) is 0 Å². The van der Waals surface area contributed by atoms with Crippen molar-refractivity contribution in [1.82, 2.24) is 5.32 Å². The second-order valence-electron chi connectivity index (χ2n) is 3.21. The molecular weight excluding hydrogens is 198 g/mol. The van der Waals surface area contributed by atoms with Crippen LogP contribution in [0.3, 0.4) is 0 Å². The monoisotopic (exact) mass is 211 g/mol. The van der Waals surface area contributed by atoms with Gasteiger partial charge in [-0.15, -0.1) is 0 Å². The Bertz CT molecular complexity index is 331. The third-order valence-electron chi connectivity index (χ3n) is 1.93. The molecule has 2 N–H and O–H groups in total. The first-order chi connectivity index (χ1) is 7.09. The summed E-state index contributed by atoms with van der Waals surface area (Å²) in [6.07, 6.45) is 2.24. The third-order valence-corrected chi connectivity index (χ3v) is 1.93. The smallest absolute Gasteiger partial charge is 0.325 e. The zero-order chi connectivity index (χ0) is 11.3. The summed E-state index contributed by atoms with van der Waals surface area (Å²) in [7, 11) is 0. The first-order valence-corrected chi connectivity index (χ1v) is 4.64. The van der Waals surface area contributed by atoms with Crippen LogP contribution in [0.1, 0.15) is 19.1 Å². The highest BCUT2D eigenvalue weighted by molar-refractivity contribution is 5.83. The number of carboxylic acids is 1. The molecule has 15 heavy (non-hydrogen) atoms. The molecule has 0 aliphatic heterocycles. The summed E-state index contributed by atoms with van der Waals surface area (Å²) in [5.74, 6) is -0.615. The van der Waals surface area contributed by atoms with Gasteiger partial charge in [0.1, 0.15) is 11.8 Å². The summed E-state index contributed by atoms with van der Waals surface area (Å²) in [5.41, 5.74) is 0. The zero-order valence-corrected chi connectivity index (χ0v) is 8.40. The molecule has 0 spiro atoms. The van der Waals surface area contributed by atoms with Crippen molar-refractivity contribution in [2.45, 2.75) is 25.8 Å². The molecule has 0 saturated heterocycles. The molecule has 0 aliphatic carbocycles. The Morgan fingerprint density at radius 2 is 2.33 bits per heavy atom. The van der Waals surface area contributed by atoms with Crippen LogP contribution in [0.4, 0.5) is 0 Å². The number of nitrogens with one attached hydrogen (secondary N) is 1. The van der Waals surface area contributed by atoms with E-state index in [0.717, 1.165) is 0 Å². The lowest BCUT2D eigenvalue weighted by Gasteiger charge is -2.08. The van der Waals surface area contributed by atoms with Crippen molar-refractivity contribution in [2.75, 3.05) is 0 Å². The van der Waals surface area contributed by atoms with Gasteiger partial charge in [0.25, 0.3) is 0 Å². The highest BCUT2D eigenvalue weighted by atomic mass is 16.4. The van der Waals surface area contributed by atoms with Gasteiger partial charge in [-0.1, -0.05) is 0 Å². The van der Waals surface area contributed by atoms with E-state index in [-0.39, 0.29) is 12.3 Å². The van der Waals surface area contributed by atoms with E-state index in [9.17, 15) is 9.59 Å². The lowest BCUT2D eigenvalue weighted by atomic mass is 10.2. The molecule has 5 nitrogen and oxygen atoms in total. The van der Waals surface area contributed by atoms with Crippen LogP contribution in [-0.4, -0.2) is 23.0 Å². The molecule has 82 valence electrons. The molecule has 0 aliphatic rings. The van der Waals surface area contributed by atoms with Gasteiger partial charge in [0.2, 0.25) is 5.91 Å². The zero-order valence-electron chi connectivity index (χ0n) is 8.40. The molecule has 1 atom stereocenters. The Morgan fingerprint density at radius 3 is 2.87 bits per heavy atom. The molecule has 0 bridgehead atoms. The summed E-state index contributed by atoms with van der Waals surface area (Å²) >= 11 is 0. The fraction of sp³-hybridized carbons (Fsp3) is 0.400. The van der Waals surface area contributed by atoms with Crippen LogP contribution in [0.25, 0.3) is 0 Å². The maximum Gasteiger partial charge on any atom is 0.325 e. The van der Waals surface area contributed by atoms with Crippen LogP contribution in [0.5, 0.6) is 0 Å². The maximum atomic E-state index is 11.2. The number of carboxylic acid groups (broad SMARTS) is 1. The summed E-state index contributed by atoms with van der Waals surface area (Å²) < 4.78 is 5.04. The number of rotatable bonds is 5. The van der Waals surface area contributed by atoms with Gasteiger partial charge in [-0.25, -0.2) is 0 Å². The van der Waals surface area contributed by atoms with E-state index in [0.29, 0.717) is 12.2 Å². The molecule has 1 aromatic heterocycles. The van der Waals surface area contributed by atoms with Gasteiger partial charge in [-0.2, -0.15) is 0 Å². The van der Waals surface area contributed by atoms with Crippen LogP contribution in [0.2, 0.25) is 0 Å². The Kier molecular flexibility index (Phi) is 3.91. The number of hydrogen-bond acceptors (Lipinski definition) is 3. The molecule has 5 heteroatoms. The minimum Gasteiger partial charge on any atom is -0.480 e. The molecule has 1 rings (SSSR count). The van der Waals surface area contributed by atoms with E-state index in [1.54, 1.807) is 12.1 Å². The summed E-state index contributed by atoms with van der Waals surface area (Å²) in [4.78, 5) is 21.7. The van der Waals surface area contributed by atoms with E-state index in [1.165, 1.54) is 13.2 Å². The van der Waals surface area contributed by atoms with E-state index >= 15 is 0 Å². The number of furan rings is 1. The SMILES string of the molecule is C[C@H](NC(=O)CCc1ccco1)C(=O)O. The summed E-state index contributed by atoms with van der Waals surface area (Å²) in [5, 5.41) is 10.9. The molecule has 1 aromatic rings. The van der Waals surface area contributed by atoms with Crippen molar-refractivity contribution in [3.05, 3.63) is 24.2 Å². The topological polar surface area (TPSA) is 79.5 Å². The van der Waals surface area contributed by atoms with Crippen molar-refractivity contribution in [1.29, 1.82) is 0 Å². The van der Waals surface area contributed by atoms with Gasteiger partial charge < -0.3 is 14.8 Å². The number of aliphatic carboxylic acids is 1. The van der Waals surface area contributed by atoms with Crippen LogP contribution < -0.4 is 5.32 Å². The number of carbonyl (C=O) groups excluding carboxylic acids is 1. The van der Waals surface area contributed by atoms with Crippen LogP contribution >= 0.6 is 0 Å². The first-order valence-electron chi connectivity index (χ1n) is 4.64. The Labute approximate surface area is 87.1 Å². The van der Waals surface area contributed by atoms with Crippen molar-refractivity contribution < 1.29 is 19.1 Å². The molecule has 0 radical (unpaired) electrons. The van der Waals surface area contributed by atoms with Gasteiger partial charge >= 0.3 is 5.97 Å². The Hall–Kier alpha value is -1.78.